The highest BCUT2D eigenvalue weighted by molar-refractivity contribution is 6.33. The number of benzene rings is 1. The summed E-state index contributed by atoms with van der Waals surface area (Å²) < 4.78 is 76.2. The maximum Gasteiger partial charge on any atom is 0.436 e. The number of halogens is 7. The Morgan fingerprint density at radius 3 is 1.86 bits per heavy atom. The van der Waals surface area contributed by atoms with Crippen LogP contribution in [0.25, 0.3) is 11.3 Å². The normalized spacial score (nSPS) is 12.8. The standard InChI is InChI=1S/C12H7ClF6N2/c1-21-9(8(13)10(20-21)12(17,18)19)6-2-4-7(5-3-6)11(14,15)16/h2-5H,1H3. The highest BCUT2D eigenvalue weighted by atomic mass is 35.5. The van der Waals surface area contributed by atoms with Crippen LogP contribution in [-0.4, -0.2) is 9.78 Å². The van der Waals surface area contributed by atoms with Crippen LogP contribution < -0.4 is 0 Å². The SMILES string of the molecule is Cn1nc(C(F)(F)F)c(Cl)c1-c1ccc(C(F)(F)F)cc1. The molecule has 0 radical (unpaired) electrons. The fraction of sp³-hybridized carbons (Fsp3) is 0.250. The third kappa shape index (κ3) is 2.99. The molecule has 0 amide bonds. The van der Waals surface area contributed by atoms with Crippen LogP contribution in [0, 0.1) is 0 Å². The molecule has 0 atom stereocenters. The van der Waals surface area contributed by atoms with E-state index in [-0.39, 0.29) is 11.3 Å². The van der Waals surface area contributed by atoms with Crippen LogP contribution in [0.4, 0.5) is 26.3 Å². The zero-order valence-corrected chi connectivity index (χ0v) is 11.1. The molecule has 2 rings (SSSR count). The molecule has 0 aliphatic heterocycles. The molecule has 0 unspecified atom stereocenters. The minimum absolute atomic E-state index is 0.0993. The molecule has 0 spiro atoms. The molecule has 0 saturated heterocycles. The van der Waals surface area contributed by atoms with Crippen LogP contribution in [0.5, 0.6) is 0 Å². The smallest absolute Gasteiger partial charge is 0.266 e. The van der Waals surface area contributed by atoms with Crippen LogP contribution in [0.15, 0.2) is 24.3 Å². The predicted octanol–water partition coefficient (Wildman–Crippen LogP) is 4.78. The highest BCUT2D eigenvalue weighted by Crippen LogP contribution is 2.39. The first-order valence-corrected chi connectivity index (χ1v) is 5.87. The van der Waals surface area contributed by atoms with Crippen molar-refractivity contribution in [2.24, 2.45) is 7.05 Å². The molecular weight excluding hydrogens is 322 g/mol. The van der Waals surface area contributed by atoms with Crippen molar-refractivity contribution in [3.8, 4) is 11.3 Å². The van der Waals surface area contributed by atoms with E-state index in [0.717, 1.165) is 28.9 Å². The lowest BCUT2D eigenvalue weighted by Crippen LogP contribution is -2.07. The summed E-state index contributed by atoms with van der Waals surface area (Å²) >= 11 is 5.65. The number of alkyl halides is 6. The zero-order chi connectivity index (χ0) is 16.0. The van der Waals surface area contributed by atoms with E-state index in [2.05, 4.69) is 5.10 Å². The van der Waals surface area contributed by atoms with E-state index in [4.69, 9.17) is 11.6 Å². The second-order valence-corrected chi connectivity index (χ2v) is 4.59. The Bertz CT molecular complexity index is 654. The van der Waals surface area contributed by atoms with Gasteiger partial charge in [-0.25, -0.2) is 0 Å². The number of hydrogen-bond acceptors (Lipinski definition) is 1. The van der Waals surface area contributed by atoms with Gasteiger partial charge in [-0.2, -0.15) is 31.4 Å². The summed E-state index contributed by atoms with van der Waals surface area (Å²) in [7, 11) is 1.23. The molecule has 9 heteroatoms. The molecule has 0 bridgehead atoms. The number of nitrogens with zero attached hydrogens (tertiary/aromatic N) is 2. The maximum atomic E-state index is 12.7. The van der Waals surface area contributed by atoms with Crippen LogP contribution in [-0.2, 0) is 19.4 Å². The van der Waals surface area contributed by atoms with E-state index in [1.54, 1.807) is 0 Å². The van der Waals surface area contributed by atoms with Gasteiger partial charge in [0, 0.05) is 12.6 Å². The number of rotatable bonds is 1. The molecule has 114 valence electrons. The van der Waals surface area contributed by atoms with Gasteiger partial charge in [-0.05, 0) is 12.1 Å². The van der Waals surface area contributed by atoms with Gasteiger partial charge in [-0.1, -0.05) is 23.7 Å². The van der Waals surface area contributed by atoms with Crippen molar-refractivity contribution in [1.82, 2.24) is 9.78 Å². The molecule has 0 saturated carbocycles. The Balaban J connectivity index is 2.51. The zero-order valence-electron chi connectivity index (χ0n) is 10.3. The molecule has 2 nitrogen and oxygen atoms in total. The molecule has 1 aromatic heterocycles. The first-order valence-electron chi connectivity index (χ1n) is 5.49. The average molecular weight is 329 g/mol. The Morgan fingerprint density at radius 2 is 1.48 bits per heavy atom. The summed E-state index contributed by atoms with van der Waals surface area (Å²) in [6, 6.07) is 3.63. The van der Waals surface area contributed by atoms with Gasteiger partial charge in [0.25, 0.3) is 0 Å². The van der Waals surface area contributed by atoms with E-state index in [0.29, 0.717) is 0 Å². The fourth-order valence-electron chi connectivity index (χ4n) is 1.81. The molecule has 1 aromatic carbocycles. The van der Waals surface area contributed by atoms with Crippen molar-refractivity contribution in [2.75, 3.05) is 0 Å². The summed E-state index contributed by atoms with van der Waals surface area (Å²) in [5, 5.41) is 2.62. The second kappa shape index (κ2) is 4.94. The molecule has 1 heterocycles. The van der Waals surface area contributed by atoms with Crippen molar-refractivity contribution in [3.05, 3.63) is 40.5 Å². The number of hydrogen-bond donors (Lipinski definition) is 0. The molecular formula is C12H7ClF6N2. The van der Waals surface area contributed by atoms with Gasteiger partial charge in [0.1, 0.15) is 0 Å². The molecule has 0 fully saturated rings. The van der Waals surface area contributed by atoms with E-state index < -0.39 is 28.6 Å². The highest BCUT2D eigenvalue weighted by Gasteiger charge is 2.39. The van der Waals surface area contributed by atoms with Crippen LogP contribution in [0.3, 0.4) is 0 Å². The summed E-state index contributed by atoms with van der Waals surface area (Å²) in [4.78, 5) is 0. The fourth-order valence-corrected chi connectivity index (χ4v) is 2.19. The molecule has 0 aliphatic carbocycles. The Kier molecular flexibility index (Phi) is 3.69. The van der Waals surface area contributed by atoms with Crippen LogP contribution in [0.2, 0.25) is 5.02 Å². The summed E-state index contributed by atoms with van der Waals surface area (Å²) in [6.45, 7) is 0. The van der Waals surface area contributed by atoms with E-state index in [9.17, 15) is 26.3 Å². The van der Waals surface area contributed by atoms with Gasteiger partial charge in [0.2, 0.25) is 0 Å². The lowest BCUT2D eigenvalue weighted by molar-refractivity contribution is -0.141. The van der Waals surface area contributed by atoms with Crippen molar-refractivity contribution in [3.63, 3.8) is 0 Å². The minimum Gasteiger partial charge on any atom is -0.266 e. The van der Waals surface area contributed by atoms with E-state index in [1.165, 1.54) is 7.05 Å². The van der Waals surface area contributed by atoms with Gasteiger partial charge in [0.05, 0.1) is 16.3 Å². The summed E-state index contributed by atoms with van der Waals surface area (Å²) in [6.07, 6.45) is -9.26. The quantitative estimate of drug-likeness (QED) is 0.689. The third-order valence-corrected chi connectivity index (χ3v) is 3.10. The van der Waals surface area contributed by atoms with Gasteiger partial charge >= 0.3 is 12.4 Å². The van der Waals surface area contributed by atoms with E-state index in [1.807, 2.05) is 0 Å². The first-order chi connectivity index (χ1) is 9.51. The topological polar surface area (TPSA) is 17.8 Å². The Morgan fingerprint density at radius 1 is 0.952 bits per heavy atom. The van der Waals surface area contributed by atoms with Gasteiger partial charge in [-0.15, -0.1) is 0 Å². The van der Waals surface area contributed by atoms with Crippen molar-refractivity contribution in [1.29, 1.82) is 0 Å². The third-order valence-electron chi connectivity index (χ3n) is 2.74. The Labute approximate surface area is 119 Å². The summed E-state index contributed by atoms with van der Waals surface area (Å²) in [5.41, 5.74) is -2.17. The maximum absolute atomic E-state index is 12.7. The first kappa shape index (κ1) is 15.7. The van der Waals surface area contributed by atoms with Crippen LogP contribution >= 0.6 is 11.6 Å². The second-order valence-electron chi connectivity index (χ2n) is 4.21. The monoisotopic (exact) mass is 328 g/mol. The predicted molar refractivity (Wildman–Crippen MR) is 63.7 cm³/mol. The van der Waals surface area contributed by atoms with Crippen molar-refractivity contribution < 1.29 is 26.3 Å². The summed E-state index contributed by atoms with van der Waals surface area (Å²) in [5.74, 6) is 0. The number of aromatic nitrogens is 2. The van der Waals surface area contributed by atoms with Crippen molar-refractivity contribution >= 4 is 11.6 Å². The van der Waals surface area contributed by atoms with Gasteiger partial charge in [0.15, 0.2) is 5.69 Å². The van der Waals surface area contributed by atoms with Crippen molar-refractivity contribution in [2.45, 2.75) is 12.4 Å². The van der Waals surface area contributed by atoms with Gasteiger partial charge < -0.3 is 0 Å². The van der Waals surface area contributed by atoms with E-state index >= 15 is 0 Å². The largest absolute Gasteiger partial charge is 0.436 e. The molecule has 0 N–H and O–H groups in total. The average Bonchev–Trinajstić information content (AvgIpc) is 2.64. The Hall–Kier alpha value is -1.70. The van der Waals surface area contributed by atoms with Gasteiger partial charge in [-0.3, -0.25) is 4.68 Å². The van der Waals surface area contributed by atoms with Crippen LogP contribution in [0.1, 0.15) is 11.3 Å². The molecule has 21 heavy (non-hydrogen) atoms. The molecule has 2 aromatic rings. The minimum atomic E-state index is -4.74. The molecule has 0 aliphatic rings. The number of aryl methyl sites for hydroxylation is 1. The lowest BCUT2D eigenvalue weighted by Gasteiger charge is -2.08. The lowest BCUT2D eigenvalue weighted by atomic mass is 10.1.